The second kappa shape index (κ2) is 8.34. The number of nitrogens with one attached hydrogen (secondary N) is 1. The molecule has 2 aromatic rings. The molecule has 0 fully saturated rings. The van der Waals surface area contributed by atoms with Crippen LogP contribution >= 0.6 is 11.3 Å². The van der Waals surface area contributed by atoms with Crippen LogP contribution in [0, 0.1) is 17.0 Å². The van der Waals surface area contributed by atoms with Gasteiger partial charge in [-0.05, 0) is 19.1 Å². The third-order valence-electron chi connectivity index (χ3n) is 2.99. The van der Waals surface area contributed by atoms with Gasteiger partial charge in [-0.3, -0.25) is 20.2 Å². The maximum Gasteiger partial charge on any atom is 0.387 e. The lowest BCUT2D eigenvalue weighted by atomic mass is 10.1. The summed E-state index contributed by atoms with van der Waals surface area (Å²) in [5.74, 6) is -1.17. The highest BCUT2D eigenvalue weighted by Gasteiger charge is 2.20. The minimum Gasteiger partial charge on any atom is -0.493 e. The van der Waals surface area contributed by atoms with Gasteiger partial charge in [-0.1, -0.05) is 0 Å². The molecular weight excluding hydrogens is 372 g/mol. The summed E-state index contributed by atoms with van der Waals surface area (Å²) in [6.07, 6.45) is 3.82. The van der Waals surface area contributed by atoms with Crippen molar-refractivity contribution < 1.29 is 28.0 Å². The number of nitro benzene ring substituents is 1. The molecule has 0 bridgehead atoms. The summed E-state index contributed by atoms with van der Waals surface area (Å²) >= 11 is 1.27. The number of ether oxygens (including phenoxy) is 2. The first-order valence-corrected chi connectivity index (χ1v) is 7.84. The Balaban J connectivity index is 2.28. The summed E-state index contributed by atoms with van der Waals surface area (Å²) in [5.41, 5.74) is -0.533. The second-order valence-electron chi connectivity index (χ2n) is 4.80. The Labute approximate surface area is 150 Å². The molecule has 138 valence electrons. The van der Waals surface area contributed by atoms with Crippen LogP contribution in [0.2, 0.25) is 0 Å². The maximum atomic E-state index is 12.4. The minimum atomic E-state index is -3.17. The molecule has 0 spiro atoms. The fourth-order valence-corrected chi connectivity index (χ4v) is 2.60. The van der Waals surface area contributed by atoms with Crippen molar-refractivity contribution in [1.82, 2.24) is 4.98 Å². The Morgan fingerprint density at radius 2 is 2.15 bits per heavy atom. The third-order valence-corrected chi connectivity index (χ3v) is 3.82. The minimum absolute atomic E-state index is 0.0149. The maximum absolute atomic E-state index is 12.4. The first kappa shape index (κ1) is 19.2. The highest BCUT2D eigenvalue weighted by molar-refractivity contribution is 7.15. The molecule has 11 heteroatoms. The van der Waals surface area contributed by atoms with Crippen molar-refractivity contribution in [3.05, 3.63) is 45.0 Å². The zero-order valence-electron chi connectivity index (χ0n) is 13.6. The Kier molecular flexibility index (Phi) is 6.17. The number of carbonyl (C=O) groups excluding carboxylic acids is 1. The molecule has 1 N–H and O–H groups in total. The van der Waals surface area contributed by atoms with Crippen LogP contribution < -0.4 is 14.8 Å². The topological polar surface area (TPSA) is 104 Å². The molecule has 1 aromatic carbocycles. The molecule has 1 heterocycles. The van der Waals surface area contributed by atoms with E-state index in [9.17, 15) is 23.7 Å². The number of anilines is 1. The summed E-state index contributed by atoms with van der Waals surface area (Å²) in [6, 6.07) is 1.94. The molecule has 8 nitrogen and oxygen atoms in total. The van der Waals surface area contributed by atoms with Crippen molar-refractivity contribution in [3.8, 4) is 11.5 Å². The quantitative estimate of drug-likeness (QED) is 0.443. The number of nitro groups is 1. The van der Waals surface area contributed by atoms with E-state index in [1.165, 1.54) is 24.5 Å². The molecule has 0 aliphatic carbocycles. The number of carbonyl (C=O) groups is 1. The van der Waals surface area contributed by atoms with Crippen LogP contribution in [0.3, 0.4) is 0 Å². The fourth-order valence-electron chi connectivity index (χ4n) is 1.93. The van der Waals surface area contributed by atoms with Gasteiger partial charge in [0.1, 0.15) is 0 Å². The van der Waals surface area contributed by atoms with Gasteiger partial charge in [-0.15, -0.1) is 11.3 Å². The first-order chi connectivity index (χ1) is 12.3. The van der Waals surface area contributed by atoms with E-state index in [1.54, 1.807) is 6.20 Å². The monoisotopic (exact) mass is 385 g/mol. The number of alkyl halides is 2. The van der Waals surface area contributed by atoms with Gasteiger partial charge in [0.25, 0.3) is 5.69 Å². The number of aryl methyl sites for hydroxylation is 1. The Bertz CT molecular complexity index is 854. The molecule has 26 heavy (non-hydrogen) atoms. The summed E-state index contributed by atoms with van der Waals surface area (Å²) in [6.45, 7) is -1.35. The molecule has 0 aliphatic heterocycles. The van der Waals surface area contributed by atoms with E-state index in [1.807, 2.05) is 6.92 Å². The highest BCUT2D eigenvalue weighted by atomic mass is 32.1. The second-order valence-corrected chi connectivity index (χ2v) is 6.03. The molecule has 2 rings (SSSR count). The molecule has 1 aromatic heterocycles. The number of methoxy groups -OCH3 is 1. The Morgan fingerprint density at radius 3 is 2.69 bits per heavy atom. The highest BCUT2D eigenvalue weighted by Crippen LogP contribution is 2.36. The molecule has 0 radical (unpaired) electrons. The predicted octanol–water partition coefficient (Wildman–Crippen LogP) is 3.62. The van der Waals surface area contributed by atoms with E-state index >= 15 is 0 Å². The van der Waals surface area contributed by atoms with Crippen molar-refractivity contribution in [3.63, 3.8) is 0 Å². The average molecular weight is 385 g/mol. The Hall–Kier alpha value is -3.08. The zero-order valence-corrected chi connectivity index (χ0v) is 14.4. The van der Waals surface area contributed by atoms with Crippen LogP contribution in [0.1, 0.15) is 10.4 Å². The van der Waals surface area contributed by atoms with Gasteiger partial charge < -0.3 is 9.47 Å². The smallest absolute Gasteiger partial charge is 0.387 e. The molecule has 0 aliphatic rings. The standard InChI is InChI=1S/C15H13F2N3O5S/c1-8-7-18-15(26-8)19-13(21)4-3-9-5-11(24-2)12(25-14(16)17)6-10(9)20(22)23/h3-7,14H,1-2H3,(H,18,19,21)/b4-3+. The number of nitrogens with zero attached hydrogens (tertiary/aromatic N) is 2. The number of rotatable bonds is 7. The van der Waals surface area contributed by atoms with Gasteiger partial charge in [0, 0.05) is 17.2 Å². The molecular formula is C15H13F2N3O5S. The van der Waals surface area contributed by atoms with E-state index in [0.717, 1.165) is 23.1 Å². The molecule has 1 amide bonds. The summed E-state index contributed by atoms with van der Waals surface area (Å²) in [7, 11) is 1.20. The lowest BCUT2D eigenvalue weighted by Crippen LogP contribution is -2.07. The van der Waals surface area contributed by atoms with Crippen LogP contribution in [0.5, 0.6) is 11.5 Å². The SMILES string of the molecule is COc1cc(/C=C/C(=O)Nc2ncc(C)s2)c([N+](=O)[O-])cc1OC(F)F. The van der Waals surface area contributed by atoms with Crippen molar-refractivity contribution in [1.29, 1.82) is 0 Å². The van der Waals surface area contributed by atoms with E-state index < -0.39 is 28.9 Å². The number of hydrogen-bond donors (Lipinski definition) is 1. The average Bonchev–Trinajstić information content (AvgIpc) is 2.97. The summed E-state index contributed by atoms with van der Waals surface area (Å²) in [5, 5.41) is 14.1. The number of amides is 1. The van der Waals surface area contributed by atoms with Crippen LogP contribution in [0.25, 0.3) is 6.08 Å². The summed E-state index contributed by atoms with van der Waals surface area (Å²) < 4.78 is 33.9. The van der Waals surface area contributed by atoms with Gasteiger partial charge in [-0.2, -0.15) is 8.78 Å². The number of hydrogen-bond acceptors (Lipinski definition) is 7. The van der Waals surface area contributed by atoms with Gasteiger partial charge in [0.2, 0.25) is 5.91 Å². The van der Waals surface area contributed by atoms with Crippen LogP contribution in [0.4, 0.5) is 19.6 Å². The number of aromatic nitrogens is 1. The Morgan fingerprint density at radius 1 is 1.42 bits per heavy atom. The first-order valence-electron chi connectivity index (χ1n) is 7.03. The van der Waals surface area contributed by atoms with Gasteiger partial charge in [0.15, 0.2) is 16.6 Å². The molecule has 0 unspecified atom stereocenters. The van der Waals surface area contributed by atoms with E-state index in [-0.39, 0.29) is 11.3 Å². The summed E-state index contributed by atoms with van der Waals surface area (Å²) in [4.78, 5) is 27.1. The van der Waals surface area contributed by atoms with E-state index in [0.29, 0.717) is 5.13 Å². The van der Waals surface area contributed by atoms with E-state index in [4.69, 9.17) is 4.74 Å². The van der Waals surface area contributed by atoms with Crippen LogP contribution in [-0.2, 0) is 4.79 Å². The van der Waals surface area contributed by atoms with Crippen LogP contribution in [-0.4, -0.2) is 29.5 Å². The van der Waals surface area contributed by atoms with Gasteiger partial charge in [-0.25, -0.2) is 4.98 Å². The molecule has 0 saturated heterocycles. The predicted molar refractivity (Wildman–Crippen MR) is 90.8 cm³/mol. The number of halogens is 2. The van der Waals surface area contributed by atoms with Crippen molar-refractivity contribution in [2.24, 2.45) is 0 Å². The number of benzene rings is 1. The lowest BCUT2D eigenvalue weighted by molar-refractivity contribution is -0.385. The molecule has 0 saturated carbocycles. The van der Waals surface area contributed by atoms with Gasteiger partial charge >= 0.3 is 6.61 Å². The normalized spacial score (nSPS) is 11.0. The van der Waals surface area contributed by atoms with Crippen LogP contribution in [0.15, 0.2) is 24.4 Å². The number of thiazole rings is 1. The van der Waals surface area contributed by atoms with Crippen molar-refractivity contribution in [2.45, 2.75) is 13.5 Å². The van der Waals surface area contributed by atoms with Crippen molar-refractivity contribution >= 4 is 34.1 Å². The largest absolute Gasteiger partial charge is 0.493 e. The lowest BCUT2D eigenvalue weighted by Gasteiger charge is -2.10. The fraction of sp³-hybridized carbons (Fsp3) is 0.200. The zero-order chi connectivity index (χ0) is 19.3. The molecule has 0 atom stereocenters. The van der Waals surface area contributed by atoms with Gasteiger partial charge in [0.05, 0.1) is 23.7 Å². The third kappa shape index (κ3) is 4.96. The van der Waals surface area contributed by atoms with Crippen molar-refractivity contribution in [2.75, 3.05) is 12.4 Å². The van der Waals surface area contributed by atoms with E-state index in [2.05, 4.69) is 15.0 Å².